The van der Waals surface area contributed by atoms with Gasteiger partial charge in [-0.2, -0.15) is 0 Å². The summed E-state index contributed by atoms with van der Waals surface area (Å²) in [4.78, 5) is 12.6. The quantitative estimate of drug-likeness (QED) is 0.715. The number of carbonyl (C=O) groups excluding carboxylic acids is 1. The number of fused-ring (bicyclic) bond motifs is 1. The molecule has 0 fully saturated rings. The highest BCUT2D eigenvalue weighted by Crippen LogP contribution is 2.31. The molecule has 2 N–H and O–H groups in total. The van der Waals surface area contributed by atoms with Crippen LogP contribution in [0.1, 0.15) is 24.4 Å². The van der Waals surface area contributed by atoms with Crippen LogP contribution >= 0.6 is 0 Å². The molecule has 0 radical (unpaired) electrons. The zero-order valence-corrected chi connectivity index (χ0v) is 13.3. The molecule has 0 spiro atoms. The molecule has 0 aliphatic rings. The third kappa shape index (κ3) is 3.37. The summed E-state index contributed by atoms with van der Waals surface area (Å²) in [6, 6.07) is 17.0. The Hall–Kier alpha value is -2.75. The van der Waals surface area contributed by atoms with Crippen LogP contribution in [0.3, 0.4) is 0 Å². The predicted octanol–water partition coefficient (Wildman–Crippen LogP) is 4.75. The van der Waals surface area contributed by atoms with E-state index >= 15 is 0 Å². The maximum Gasteiger partial charge on any atom is 0.293 e. The molecule has 4 heteroatoms. The molecular weight excluding hydrogens is 288 g/mol. The number of furan rings is 1. The fraction of sp³-hybridized carbons (Fsp3) is 0.211. The summed E-state index contributed by atoms with van der Waals surface area (Å²) in [6.07, 6.45) is 0. The largest absolute Gasteiger partial charge is 0.449 e. The van der Waals surface area contributed by atoms with Crippen molar-refractivity contribution in [2.75, 3.05) is 17.2 Å². The number of anilines is 2. The molecule has 0 atom stereocenters. The Morgan fingerprint density at radius 1 is 1.04 bits per heavy atom. The highest BCUT2D eigenvalue weighted by atomic mass is 16.3. The number of carbonyl (C=O) groups is 1. The molecule has 0 saturated carbocycles. The molecule has 23 heavy (non-hydrogen) atoms. The molecule has 0 saturated heterocycles. The fourth-order valence-corrected chi connectivity index (χ4v) is 2.40. The van der Waals surface area contributed by atoms with Gasteiger partial charge in [0.25, 0.3) is 5.91 Å². The minimum absolute atomic E-state index is 0.251. The maximum atomic E-state index is 12.6. The molecule has 4 nitrogen and oxygen atoms in total. The van der Waals surface area contributed by atoms with Crippen molar-refractivity contribution in [3.63, 3.8) is 0 Å². The fourth-order valence-electron chi connectivity index (χ4n) is 2.40. The second-order valence-electron chi connectivity index (χ2n) is 5.90. The normalized spacial score (nSPS) is 10.9. The monoisotopic (exact) mass is 308 g/mol. The van der Waals surface area contributed by atoms with Crippen LogP contribution in [0.15, 0.2) is 59.0 Å². The van der Waals surface area contributed by atoms with E-state index in [-0.39, 0.29) is 5.91 Å². The first-order chi connectivity index (χ1) is 11.1. The van der Waals surface area contributed by atoms with Crippen LogP contribution in [0.25, 0.3) is 11.0 Å². The number of amides is 1. The van der Waals surface area contributed by atoms with Crippen LogP contribution in [0.5, 0.6) is 0 Å². The Morgan fingerprint density at radius 3 is 2.48 bits per heavy atom. The lowest BCUT2D eigenvalue weighted by molar-refractivity contribution is 0.0999. The number of nitrogens with one attached hydrogen (secondary N) is 2. The molecule has 1 amide bonds. The lowest BCUT2D eigenvalue weighted by Gasteiger charge is -2.10. The lowest BCUT2D eigenvalue weighted by Crippen LogP contribution is -2.15. The Kier molecular flexibility index (Phi) is 4.33. The summed E-state index contributed by atoms with van der Waals surface area (Å²) >= 11 is 0. The average molecular weight is 308 g/mol. The third-order valence-electron chi connectivity index (χ3n) is 3.52. The Labute approximate surface area is 135 Å². The Morgan fingerprint density at radius 2 is 1.74 bits per heavy atom. The van der Waals surface area contributed by atoms with Crippen LogP contribution in [-0.2, 0) is 0 Å². The predicted molar refractivity (Wildman–Crippen MR) is 93.9 cm³/mol. The zero-order valence-electron chi connectivity index (χ0n) is 13.3. The van der Waals surface area contributed by atoms with Crippen molar-refractivity contribution in [3.8, 4) is 0 Å². The van der Waals surface area contributed by atoms with E-state index in [0.29, 0.717) is 17.3 Å². The Balaban J connectivity index is 1.95. The van der Waals surface area contributed by atoms with Gasteiger partial charge in [-0.1, -0.05) is 44.2 Å². The first kappa shape index (κ1) is 15.2. The summed E-state index contributed by atoms with van der Waals surface area (Å²) in [5, 5.41) is 7.14. The van der Waals surface area contributed by atoms with Crippen LogP contribution in [0.2, 0.25) is 0 Å². The molecule has 118 valence electrons. The van der Waals surface area contributed by atoms with Crippen molar-refractivity contribution in [1.82, 2.24) is 0 Å². The standard InChI is InChI=1S/C19H20N2O2/c1-13(2)12-20-17-15-10-6-7-11-16(15)23-18(17)19(22)21-14-8-4-3-5-9-14/h3-11,13,20H,12H2,1-2H3,(H,21,22). The third-order valence-corrected chi connectivity index (χ3v) is 3.52. The molecule has 0 aliphatic carbocycles. The van der Waals surface area contributed by atoms with E-state index < -0.39 is 0 Å². The molecule has 0 unspecified atom stereocenters. The SMILES string of the molecule is CC(C)CNc1c(C(=O)Nc2ccccc2)oc2ccccc12. The molecule has 1 heterocycles. The van der Waals surface area contributed by atoms with Crippen LogP contribution < -0.4 is 10.6 Å². The first-order valence-corrected chi connectivity index (χ1v) is 7.77. The lowest BCUT2D eigenvalue weighted by atomic mass is 10.2. The van der Waals surface area contributed by atoms with E-state index in [1.807, 2.05) is 54.6 Å². The van der Waals surface area contributed by atoms with Gasteiger partial charge in [0, 0.05) is 17.6 Å². The molecule has 0 bridgehead atoms. The topological polar surface area (TPSA) is 54.3 Å². The number of hydrogen-bond donors (Lipinski definition) is 2. The van der Waals surface area contributed by atoms with Crippen LogP contribution in [0, 0.1) is 5.92 Å². The van der Waals surface area contributed by atoms with Crippen LogP contribution in [0.4, 0.5) is 11.4 Å². The molecule has 2 aromatic carbocycles. The Bertz CT molecular complexity index is 807. The second kappa shape index (κ2) is 6.57. The van der Waals surface area contributed by atoms with Gasteiger partial charge in [-0.05, 0) is 30.2 Å². The van der Waals surface area contributed by atoms with Gasteiger partial charge in [-0.15, -0.1) is 0 Å². The van der Waals surface area contributed by atoms with Gasteiger partial charge >= 0.3 is 0 Å². The molecule has 1 aromatic heterocycles. The number of hydrogen-bond acceptors (Lipinski definition) is 3. The van der Waals surface area contributed by atoms with Gasteiger partial charge < -0.3 is 15.1 Å². The summed E-state index contributed by atoms with van der Waals surface area (Å²) in [6.45, 7) is 5.02. The van der Waals surface area contributed by atoms with Crippen molar-refractivity contribution in [3.05, 3.63) is 60.4 Å². The molecular formula is C19H20N2O2. The van der Waals surface area contributed by atoms with Gasteiger partial charge in [0.2, 0.25) is 5.76 Å². The highest BCUT2D eigenvalue weighted by molar-refractivity contribution is 6.11. The van der Waals surface area contributed by atoms with Crippen molar-refractivity contribution in [1.29, 1.82) is 0 Å². The van der Waals surface area contributed by atoms with Gasteiger partial charge in [0.1, 0.15) is 5.58 Å². The minimum Gasteiger partial charge on any atom is -0.449 e. The number of para-hydroxylation sites is 2. The van der Waals surface area contributed by atoms with E-state index in [2.05, 4.69) is 24.5 Å². The smallest absolute Gasteiger partial charge is 0.293 e. The summed E-state index contributed by atoms with van der Waals surface area (Å²) < 4.78 is 5.79. The van der Waals surface area contributed by atoms with E-state index in [0.717, 1.165) is 23.3 Å². The van der Waals surface area contributed by atoms with Crippen molar-refractivity contribution >= 4 is 28.3 Å². The average Bonchev–Trinajstić information content (AvgIpc) is 2.92. The molecule has 3 aromatic rings. The van der Waals surface area contributed by atoms with Crippen molar-refractivity contribution < 1.29 is 9.21 Å². The van der Waals surface area contributed by atoms with Gasteiger partial charge in [-0.3, -0.25) is 4.79 Å². The summed E-state index contributed by atoms with van der Waals surface area (Å²) in [5.41, 5.74) is 2.20. The van der Waals surface area contributed by atoms with E-state index in [1.165, 1.54) is 0 Å². The van der Waals surface area contributed by atoms with E-state index in [9.17, 15) is 4.79 Å². The van der Waals surface area contributed by atoms with Crippen molar-refractivity contribution in [2.45, 2.75) is 13.8 Å². The molecule has 3 rings (SSSR count). The van der Waals surface area contributed by atoms with Crippen molar-refractivity contribution in [2.24, 2.45) is 5.92 Å². The van der Waals surface area contributed by atoms with E-state index in [1.54, 1.807) is 0 Å². The van der Waals surface area contributed by atoms with Gasteiger partial charge in [0.05, 0.1) is 5.69 Å². The van der Waals surface area contributed by atoms with Gasteiger partial charge in [-0.25, -0.2) is 0 Å². The maximum absolute atomic E-state index is 12.6. The van der Waals surface area contributed by atoms with Crippen LogP contribution in [-0.4, -0.2) is 12.5 Å². The minimum atomic E-state index is -0.251. The van der Waals surface area contributed by atoms with Gasteiger partial charge in [0.15, 0.2) is 0 Å². The first-order valence-electron chi connectivity index (χ1n) is 7.77. The van der Waals surface area contributed by atoms with E-state index in [4.69, 9.17) is 4.42 Å². The molecule has 0 aliphatic heterocycles. The highest BCUT2D eigenvalue weighted by Gasteiger charge is 2.20. The number of rotatable bonds is 5. The number of benzene rings is 2. The zero-order chi connectivity index (χ0) is 16.2. The second-order valence-corrected chi connectivity index (χ2v) is 5.90. The summed E-state index contributed by atoms with van der Waals surface area (Å²) in [7, 11) is 0. The summed E-state index contributed by atoms with van der Waals surface area (Å²) in [5.74, 6) is 0.531.